The SMILES string of the molecule is COCCO[Si](C)(C)[Si]([Si](C)(C)OCCOC)[Si](C)(C)OCCOC. The molecule has 0 saturated heterocycles. The second kappa shape index (κ2) is 12.2. The second-order valence-electron chi connectivity index (χ2n) is 7.43. The van der Waals surface area contributed by atoms with Crippen molar-refractivity contribution in [2.75, 3.05) is 61.0 Å². The number of ether oxygens (including phenoxy) is 3. The van der Waals surface area contributed by atoms with E-state index in [1.54, 1.807) is 21.3 Å². The van der Waals surface area contributed by atoms with E-state index in [1.165, 1.54) is 0 Å². The van der Waals surface area contributed by atoms with Crippen LogP contribution in [-0.4, -0.2) is 91.8 Å². The van der Waals surface area contributed by atoms with E-state index in [0.717, 1.165) is 0 Å². The Morgan fingerprint density at radius 3 is 0.920 bits per heavy atom. The van der Waals surface area contributed by atoms with Gasteiger partial charge in [0.2, 0.25) is 0 Å². The van der Waals surface area contributed by atoms with Crippen LogP contribution in [0.25, 0.3) is 0 Å². The Balaban J connectivity index is 5.39. The Kier molecular flexibility index (Phi) is 12.5. The molecule has 0 aliphatic heterocycles. The minimum absolute atomic E-state index is 0.630. The molecule has 0 heterocycles. The van der Waals surface area contributed by atoms with Gasteiger partial charge >= 0.3 is 0 Å². The molecule has 0 fully saturated rings. The Labute approximate surface area is 158 Å². The van der Waals surface area contributed by atoms with E-state index in [9.17, 15) is 0 Å². The molecule has 1 radical (unpaired) electrons. The summed E-state index contributed by atoms with van der Waals surface area (Å²) in [4.78, 5) is 0. The van der Waals surface area contributed by atoms with Crippen LogP contribution in [0.3, 0.4) is 0 Å². The molecular weight excluding hydrogens is 389 g/mol. The molecule has 0 unspecified atom stereocenters. The summed E-state index contributed by atoms with van der Waals surface area (Å²) in [5.41, 5.74) is 0. The quantitative estimate of drug-likeness (QED) is 0.295. The molecule has 10 heteroatoms. The number of rotatable bonds is 15. The lowest BCUT2D eigenvalue weighted by atomic mass is 10.8. The van der Waals surface area contributed by atoms with Crippen LogP contribution in [0.15, 0.2) is 0 Å². The van der Waals surface area contributed by atoms with Crippen molar-refractivity contribution in [1.82, 2.24) is 0 Å². The first-order valence-electron chi connectivity index (χ1n) is 8.82. The zero-order chi connectivity index (χ0) is 19.6. The minimum atomic E-state index is -1.95. The summed E-state index contributed by atoms with van der Waals surface area (Å²) in [6.07, 6.45) is 0. The van der Waals surface area contributed by atoms with Gasteiger partial charge in [0, 0.05) is 21.3 Å². The van der Waals surface area contributed by atoms with E-state index in [4.69, 9.17) is 27.5 Å². The van der Waals surface area contributed by atoms with Crippen LogP contribution < -0.4 is 0 Å². The molecule has 0 rings (SSSR count). The molecule has 0 amide bonds. The third-order valence-electron chi connectivity index (χ3n) is 4.06. The van der Waals surface area contributed by atoms with Gasteiger partial charge in [0.15, 0.2) is 23.5 Å². The molecule has 0 aliphatic rings. The van der Waals surface area contributed by atoms with E-state index >= 15 is 0 Å². The number of hydrogen-bond acceptors (Lipinski definition) is 6. The van der Waals surface area contributed by atoms with Crippen LogP contribution in [0.5, 0.6) is 0 Å². The van der Waals surface area contributed by atoms with Crippen molar-refractivity contribution in [3.8, 4) is 0 Å². The first-order chi connectivity index (χ1) is 11.5. The molecule has 0 aromatic rings. The molecule has 25 heavy (non-hydrogen) atoms. The summed E-state index contributed by atoms with van der Waals surface area (Å²) in [5, 5.41) is 0. The molecule has 6 nitrogen and oxygen atoms in total. The van der Waals surface area contributed by atoms with Gasteiger partial charge in [0.1, 0.15) is 7.35 Å². The van der Waals surface area contributed by atoms with Crippen LogP contribution in [0.4, 0.5) is 0 Å². The fraction of sp³-hybridized carbons (Fsp3) is 1.00. The van der Waals surface area contributed by atoms with E-state index in [1.807, 2.05) is 0 Å². The first kappa shape index (κ1) is 25.6. The topological polar surface area (TPSA) is 55.4 Å². The predicted octanol–water partition coefficient (Wildman–Crippen LogP) is 2.32. The fourth-order valence-electron chi connectivity index (χ4n) is 3.53. The molecule has 151 valence electrons. The summed E-state index contributed by atoms with van der Waals surface area (Å²) >= 11 is 0. The van der Waals surface area contributed by atoms with Crippen molar-refractivity contribution in [1.29, 1.82) is 0 Å². The molecule has 0 bridgehead atoms. The lowest BCUT2D eigenvalue weighted by Crippen LogP contribution is -2.76. The Bertz CT molecular complexity index is 303. The molecule has 0 aromatic heterocycles. The lowest BCUT2D eigenvalue weighted by Gasteiger charge is -2.46. The summed E-state index contributed by atoms with van der Waals surface area (Å²) in [6.45, 7) is 17.8. The number of hydrogen-bond donors (Lipinski definition) is 0. The third kappa shape index (κ3) is 9.40. The van der Waals surface area contributed by atoms with Gasteiger partial charge in [-0.15, -0.1) is 0 Å². The van der Waals surface area contributed by atoms with E-state index < -0.39 is 30.9 Å². The predicted molar refractivity (Wildman–Crippen MR) is 112 cm³/mol. The van der Waals surface area contributed by atoms with Crippen molar-refractivity contribution in [3.63, 3.8) is 0 Å². The van der Waals surface area contributed by atoms with Crippen LogP contribution in [-0.2, 0) is 27.5 Å². The molecule has 0 spiro atoms. The summed E-state index contributed by atoms with van der Waals surface area (Å²) in [5.74, 6) is 0. The van der Waals surface area contributed by atoms with Crippen molar-refractivity contribution >= 4 is 30.9 Å². The highest BCUT2D eigenvalue weighted by Gasteiger charge is 2.58. The van der Waals surface area contributed by atoms with Crippen LogP contribution in [0, 0.1) is 0 Å². The van der Waals surface area contributed by atoms with Crippen molar-refractivity contribution in [2.24, 2.45) is 0 Å². The van der Waals surface area contributed by atoms with Crippen molar-refractivity contribution in [2.45, 2.75) is 39.3 Å². The average Bonchev–Trinajstić information content (AvgIpc) is 2.46. The van der Waals surface area contributed by atoms with Gasteiger partial charge in [-0.3, -0.25) is 0 Å². The molecule has 0 aliphatic carbocycles. The van der Waals surface area contributed by atoms with Crippen molar-refractivity contribution in [3.05, 3.63) is 0 Å². The van der Waals surface area contributed by atoms with Crippen LogP contribution >= 0.6 is 0 Å². The number of methoxy groups -OCH3 is 3. The van der Waals surface area contributed by atoms with Gasteiger partial charge < -0.3 is 27.5 Å². The molecule has 0 saturated carbocycles. The van der Waals surface area contributed by atoms with Gasteiger partial charge in [-0.25, -0.2) is 0 Å². The molecule has 0 aromatic carbocycles. The average molecular weight is 428 g/mol. The smallest absolute Gasteiger partial charge is 0.172 e. The Morgan fingerprint density at radius 1 is 0.480 bits per heavy atom. The fourth-order valence-corrected chi connectivity index (χ4v) is 68.4. The maximum atomic E-state index is 6.42. The first-order valence-corrected chi connectivity index (χ1v) is 22.0. The Hall–Kier alpha value is 0.628. The highest BCUT2D eigenvalue weighted by molar-refractivity contribution is 7.79. The largest absolute Gasteiger partial charge is 0.418 e. The summed E-state index contributed by atoms with van der Waals surface area (Å²) in [6, 6.07) is 0. The third-order valence-corrected chi connectivity index (χ3v) is 55.1. The van der Waals surface area contributed by atoms with Crippen LogP contribution in [0.2, 0.25) is 39.3 Å². The van der Waals surface area contributed by atoms with Gasteiger partial charge in [-0.1, -0.05) is 0 Å². The zero-order valence-electron chi connectivity index (χ0n) is 17.7. The highest BCUT2D eigenvalue weighted by Crippen LogP contribution is 2.28. The summed E-state index contributed by atoms with van der Waals surface area (Å²) in [7, 11) is -1.64. The molecule has 0 N–H and O–H groups in total. The van der Waals surface area contributed by atoms with Gasteiger partial charge in [-0.2, -0.15) is 0 Å². The minimum Gasteiger partial charge on any atom is -0.418 e. The van der Waals surface area contributed by atoms with E-state index in [2.05, 4.69) is 39.3 Å². The zero-order valence-corrected chi connectivity index (χ0v) is 21.7. The monoisotopic (exact) mass is 427 g/mol. The normalized spacial score (nSPS) is 13.7. The highest BCUT2D eigenvalue weighted by atomic mass is 29.9. The lowest BCUT2D eigenvalue weighted by molar-refractivity contribution is 0.142. The van der Waals surface area contributed by atoms with Gasteiger partial charge in [-0.05, 0) is 39.3 Å². The van der Waals surface area contributed by atoms with Crippen LogP contribution in [0.1, 0.15) is 0 Å². The summed E-state index contributed by atoms with van der Waals surface area (Å²) < 4.78 is 34.8. The second-order valence-corrected chi connectivity index (χ2v) is 37.9. The van der Waals surface area contributed by atoms with Gasteiger partial charge in [0.25, 0.3) is 0 Å². The molecular formula is C15H39O6Si4. The molecule has 0 atom stereocenters. The maximum Gasteiger partial charge on any atom is 0.172 e. The van der Waals surface area contributed by atoms with E-state index in [0.29, 0.717) is 39.6 Å². The van der Waals surface area contributed by atoms with E-state index in [-0.39, 0.29) is 0 Å². The Morgan fingerprint density at radius 2 is 0.720 bits per heavy atom. The standard InChI is InChI=1S/C15H39O6Si4/c1-16-10-13-19-23(4,5)22(24(6,7)20-14-11-17-2)25(8,9)21-15-12-18-3/h10-15H2,1-9H3. The van der Waals surface area contributed by atoms with Gasteiger partial charge in [0.05, 0.1) is 39.6 Å². The maximum absolute atomic E-state index is 6.42. The van der Waals surface area contributed by atoms with Crippen molar-refractivity contribution < 1.29 is 27.5 Å².